The van der Waals surface area contributed by atoms with Crippen molar-refractivity contribution in [2.75, 3.05) is 5.73 Å². The van der Waals surface area contributed by atoms with E-state index >= 15 is 0 Å². The van der Waals surface area contributed by atoms with E-state index in [1.807, 2.05) is 24.3 Å². The van der Waals surface area contributed by atoms with Crippen LogP contribution in [0.3, 0.4) is 0 Å². The summed E-state index contributed by atoms with van der Waals surface area (Å²) < 4.78 is 15.1. The van der Waals surface area contributed by atoms with Crippen molar-refractivity contribution in [2.24, 2.45) is 0 Å². The van der Waals surface area contributed by atoms with Crippen LogP contribution in [0.5, 0.6) is 0 Å². The van der Waals surface area contributed by atoms with Gasteiger partial charge in [-0.3, -0.25) is 0 Å². The van der Waals surface area contributed by atoms with Crippen LogP contribution in [0.2, 0.25) is 0 Å². The lowest BCUT2D eigenvalue weighted by Crippen LogP contribution is -1.81. The number of benzene rings is 2. The molecular weight excluding hydrogens is 315 g/mol. The fraction of sp³-hybridized carbons (Fsp3) is 0. The molecule has 2 nitrogen and oxygen atoms in total. The van der Waals surface area contributed by atoms with Crippen LogP contribution in [0.4, 0.5) is 10.1 Å². The Hall–Kier alpha value is -1.46. The van der Waals surface area contributed by atoms with Gasteiger partial charge >= 0.3 is 0 Å². The zero-order valence-corrected chi connectivity index (χ0v) is 11.6. The number of thiazole rings is 1. The third-order valence-electron chi connectivity index (χ3n) is 2.52. The summed E-state index contributed by atoms with van der Waals surface area (Å²) in [6, 6.07) is 10.3. The predicted octanol–water partition coefficient (Wildman–Crippen LogP) is 4.45. The number of hydrogen-bond acceptors (Lipinski definition) is 3. The third kappa shape index (κ3) is 2.11. The van der Waals surface area contributed by atoms with Crippen LogP contribution in [0, 0.1) is 5.82 Å². The molecule has 0 unspecified atom stereocenters. The molecule has 0 aliphatic heterocycles. The Bertz CT molecular complexity index is 719. The number of nitrogen functional groups attached to an aromatic ring is 1. The molecule has 3 aromatic rings. The summed E-state index contributed by atoms with van der Waals surface area (Å²) >= 11 is 4.79. The first-order valence-electron chi connectivity index (χ1n) is 5.24. The fourth-order valence-electron chi connectivity index (χ4n) is 1.74. The minimum Gasteiger partial charge on any atom is -0.399 e. The molecule has 5 heteroatoms. The van der Waals surface area contributed by atoms with Crippen LogP contribution in [0.15, 0.2) is 40.9 Å². The van der Waals surface area contributed by atoms with Gasteiger partial charge in [0.05, 0.1) is 10.2 Å². The summed E-state index contributed by atoms with van der Waals surface area (Å²) in [7, 11) is 0. The fourth-order valence-corrected chi connectivity index (χ4v) is 3.21. The lowest BCUT2D eigenvalue weighted by Gasteiger charge is -1.97. The highest BCUT2D eigenvalue weighted by Crippen LogP contribution is 2.32. The van der Waals surface area contributed by atoms with Crippen LogP contribution >= 0.6 is 27.3 Å². The Morgan fingerprint density at radius 2 is 2.00 bits per heavy atom. The molecule has 18 heavy (non-hydrogen) atoms. The number of anilines is 1. The van der Waals surface area contributed by atoms with E-state index in [0.717, 1.165) is 20.8 Å². The number of halogens is 2. The minimum absolute atomic E-state index is 0.279. The van der Waals surface area contributed by atoms with Gasteiger partial charge in [-0.2, -0.15) is 0 Å². The van der Waals surface area contributed by atoms with Crippen molar-refractivity contribution in [1.29, 1.82) is 0 Å². The van der Waals surface area contributed by atoms with Gasteiger partial charge in [0, 0.05) is 15.7 Å². The van der Waals surface area contributed by atoms with Gasteiger partial charge in [-0.05, 0) is 36.4 Å². The van der Waals surface area contributed by atoms with E-state index in [-0.39, 0.29) is 5.82 Å². The SMILES string of the molecule is Nc1ccc2nc(-c3cc(F)cc(Br)c3)sc2c1. The smallest absolute Gasteiger partial charge is 0.125 e. The lowest BCUT2D eigenvalue weighted by molar-refractivity contribution is 0.627. The molecule has 0 bridgehead atoms. The first-order chi connectivity index (χ1) is 8.61. The van der Waals surface area contributed by atoms with Crippen molar-refractivity contribution < 1.29 is 4.39 Å². The van der Waals surface area contributed by atoms with E-state index in [0.29, 0.717) is 10.2 Å². The number of aromatic nitrogens is 1. The van der Waals surface area contributed by atoms with Crippen molar-refractivity contribution >= 4 is 43.2 Å². The maximum Gasteiger partial charge on any atom is 0.125 e. The Balaban J connectivity index is 2.19. The summed E-state index contributed by atoms with van der Waals surface area (Å²) in [5.74, 6) is -0.279. The van der Waals surface area contributed by atoms with E-state index in [1.165, 1.54) is 23.5 Å². The second kappa shape index (κ2) is 4.33. The van der Waals surface area contributed by atoms with Crippen molar-refractivity contribution in [1.82, 2.24) is 4.98 Å². The highest BCUT2D eigenvalue weighted by Gasteiger charge is 2.08. The Kier molecular flexibility index (Phi) is 2.80. The standard InChI is InChI=1S/C13H8BrFN2S/c14-8-3-7(4-9(15)5-8)13-17-11-2-1-10(16)6-12(11)18-13/h1-6H,16H2. The molecular formula is C13H8BrFN2S. The van der Waals surface area contributed by atoms with E-state index in [2.05, 4.69) is 20.9 Å². The molecule has 0 aliphatic carbocycles. The molecule has 0 aliphatic rings. The van der Waals surface area contributed by atoms with Crippen LogP contribution in [0.1, 0.15) is 0 Å². The zero-order valence-electron chi connectivity index (χ0n) is 9.15. The highest BCUT2D eigenvalue weighted by molar-refractivity contribution is 9.10. The average Bonchev–Trinajstić information content (AvgIpc) is 2.70. The van der Waals surface area contributed by atoms with Gasteiger partial charge in [0.15, 0.2) is 0 Å². The second-order valence-electron chi connectivity index (χ2n) is 3.90. The van der Waals surface area contributed by atoms with Crippen molar-refractivity contribution in [3.63, 3.8) is 0 Å². The number of nitrogens with zero attached hydrogens (tertiary/aromatic N) is 1. The van der Waals surface area contributed by atoms with E-state index in [9.17, 15) is 4.39 Å². The summed E-state index contributed by atoms with van der Waals surface area (Å²) in [6.45, 7) is 0. The summed E-state index contributed by atoms with van der Waals surface area (Å²) in [6.07, 6.45) is 0. The van der Waals surface area contributed by atoms with Gasteiger partial charge in [0.25, 0.3) is 0 Å². The maximum atomic E-state index is 13.4. The van der Waals surface area contributed by atoms with Crippen LogP contribution in [-0.2, 0) is 0 Å². The molecule has 2 N–H and O–H groups in total. The molecule has 1 aromatic heterocycles. The number of rotatable bonds is 1. The molecule has 0 saturated carbocycles. The lowest BCUT2D eigenvalue weighted by atomic mass is 10.2. The molecule has 0 radical (unpaired) electrons. The highest BCUT2D eigenvalue weighted by atomic mass is 79.9. The molecule has 2 aromatic carbocycles. The van der Waals surface area contributed by atoms with E-state index < -0.39 is 0 Å². The summed E-state index contributed by atoms with van der Waals surface area (Å²) in [4.78, 5) is 4.48. The number of hydrogen-bond donors (Lipinski definition) is 1. The van der Waals surface area contributed by atoms with Crippen molar-refractivity contribution in [2.45, 2.75) is 0 Å². The second-order valence-corrected chi connectivity index (χ2v) is 5.85. The molecule has 0 atom stereocenters. The minimum atomic E-state index is -0.279. The Morgan fingerprint density at radius 1 is 1.17 bits per heavy atom. The van der Waals surface area contributed by atoms with Crippen molar-refractivity contribution in [3.8, 4) is 10.6 Å². The number of fused-ring (bicyclic) bond motifs is 1. The number of nitrogens with two attached hydrogens (primary N) is 1. The third-order valence-corrected chi connectivity index (χ3v) is 4.05. The van der Waals surface area contributed by atoms with Gasteiger partial charge in [-0.15, -0.1) is 11.3 Å². The first kappa shape index (κ1) is 11.6. The molecule has 90 valence electrons. The van der Waals surface area contributed by atoms with Crippen LogP contribution in [0.25, 0.3) is 20.8 Å². The van der Waals surface area contributed by atoms with Gasteiger partial charge in [0.1, 0.15) is 10.8 Å². The Labute approximate surface area is 115 Å². The molecule has 0 saturated heterocycles. The molecule has 3 rings (SSSR count). The predicted molar refractivity (Wildman–Crippen MR) is 77.1 cm³/mol. The molecule has 0 fully saturated rings. The normalized spacial score (nSPS) is 11.0. The van der Waals surface area contributed by atoms with Crippen LogP contribution in [-0.4, -0.2) is 4.98 Å². The molecule has 0 amide bonds. The first-order valence-corrected chi connectivity index (χ1v) is 6.85. The molecule has 0 spiro atoms. The monoisotopic (exact) mass is 322 g/mol. The van der Waals surface area contributed by atoms with Gasteiger partial charge in [-0.1, -0.05) is 15.9 Å². The molecule has 1 heterocycles. The summed E-state index contributed by atoms with van der Waals surface area (Å²) in [5, 5.41) is 0.788. The zero-order chi connectivity index (χ0) is 12.7. The van der Waals surface area contributed by atoms with E-state index in [4.69, 9.17) is 5.73 Å². The van der Waals surface area contributed by atoms with Crippen molar-refractivity contribution in [3.05, 3.63) is 46.7 Å². The average molecular weight is 323 g/mol. The van der Waals surface area contributed by atoms with E-state index in [1.54, 1.807) is 0 Å². The van der Waals surface area contributed by atoms with Gasteiger partial charge in [-0.25, -0.2) is 9.37 Å². The Morgan fingerprint density at radius 3 is 2.78 bits per heavy atom. The summed E-state index contributed by atoms with van der Waals surface area (Å²) in [5.41, 5.74) is 8.08. The largest absolute Gasteiger partial charge is 0.399 e. The quantitative estimate of drug-likeness (QED) is 0.672. The maximum absolute atomic E-state index is 13.4. The van der Waals surface area contributed by atoms with Crippen LogP contribution < -0.4 is 5.73 Å². The topological polar surface area (TPSA) is 38.9 Å². The van der Waals surface area contributed by atoms with Gasteiger partial charge < -0.3 is 5.73 Å². The van der Waals surface area contributed by atoms with Gasteiger partial charge in [0.2, 0.25) is 0 Å².